The number of benzene rings is 1. The first kappa shape index (κ1) is 15.4. The van der Waals surface area contributed by atoms with Crippen LogP contribution in [-0.2, 0) is 11.2 Å². The first-order valence-electron chi connectivity index (χ1n) is 7.43. The highest BCUT2D eigenvalue weighted by Gasteiger charge is 2.07. The molecule has 3 aromatic rings. The van der Waals surface area contributed by atoms with E-state index in [1.165, 1.54) is 12.5 Å². The summed E-state index contributed by atoms with van der Waals surface area (Å²) in [5.41, 5.74) is 4.15. The largest absolute Gasteiger partial charge is 0.356 e. The lowest BCUT2D eigenvalue weighted by molar-refractivity contribution is -0.118. The maximum atomic E-state index is 10.9. The van der Waals surface area contributed by atoms with Crippen LogP contribution in [0.2, 0.25) is 0 Å². The fourth-order valence-electron chi connectivity index (χ4n) is 2.24. The number of nitrogens with zero attached hydrogens (tertiary/aromatic N) is 2. The van der Waals surface area contributed by atoms with Gasteiger partial charge >= 0.3 is 0 Å². The highest BCUT2D eigenvalue weighted by molar-refractivity contribution is 7.13. The number of pyridine rings is 1. The summed E-state index contributed by atoms with van der Waals surface area (Å²) in [6, 6.07) is 14.1. The molecule has 1 N–H and O–H groups in total. The zero-order chi connectivity index (χ0) is 16.1. The fourth-order valence-corrected chi connectivity index (χ4v) is 3.04. The topological polar surface area (TPSA) is 54.9 Å². The number of amides is 1. The Bertz CT molecular complexity index is 782. The summed E-state index contributed by atoms with van der Waals surface area (Å²) in [6.07, 6.45) is 2.61. The summed E-state index contributed by atoms with van der Waals surface area (Å²) in [6.45, 7) is 2.19. The molecule has 116 valence electrons. The molecule has 0 fully saturated rings. The molecule has 2 aromatic heterocycles. The predicted molar refractivity (Wildman–Crippen MR) is 93.2 cm³/mol. The molecule has 1 amide bonds. The lowest BCUT2D eigenvalue weighted by Crippen LogP contribution is -2.22. The van der Waals surface area contributed by atoms with Crippen molar-refractivity contribution in [2.75, 3.05) is 6.54 Å². The van der Waals surface area contributed by atoms with Crippen molar-refractivity contribution in [1.82, 2.24) is 15.3 Å². The Morgan fingerprint density at radius 1 is 1.13 bits per heavy atom. The molecule has 0 bridgehead atoms. The van der Waals surface area contributed by atoms with Gasteiger partial charge in [0, 0.05) is 30.6 Å². The van der Waals surface area contributed by atoms with Gasteiger partial charge in [-0.1, -0.05) is 30.3 Å². The molecular formula is C18H17N3OS. The second kappa shape index (κ2) is 7.15. The minimum atomic E-state index is 0.00569. The smallest absolute Gasteiger partial charge is 0.216 e. The first-order valence-corrected chi connectivity index (χ1v) is 8.31. The molecule has 0 aliphatic heterocycles. The average molecular weight is 323 g/mol. The van der Waals surface area contributed by atoms with Gasteiger partial charge in [-0.25, -0.2) is 4.98 Å². The number of thiazole rings is 1. The Hall–Kier alpha value is -2.53. The summed E-state index contributed by atoms with van der Waals surface area (Å²) in [5.74, 6) is 0.00569. The van der Waals surface area contributed by atoms with E-state index in [-0.39, 0.29) is 5.91 Å². The third kappa shape index (κ3) is 4.02. The molecule has 0 saturated carbocycles. The van der Waals surface area contributed by atoms with E-state index in [2.05, 4.69) is 44.9 Å². The van der Waals surface area contributed by atoms with E-state index >= 15 is 0 Å². The molecule has 0 aliphatic carbocycles. The van der Waals surface area contributed by atoms with E-state index in [1.807, 2.05) is 18.2 Å². The van der Waals surface area contributed by atoms with Crippen molar-refractivity contribution in [1.29, 1.82) is 0 Å². The van der Waals surface area contributed by atoms with Gasteiger partial charge in [0.25, 0.3) is 0 Å². The molecule has 0 saturated heterocycles. The number of aromatic nitrogens is 2. The van der Waals surface area contributed by atoms with Crippen LogP contribution >= 0.6 is 11.3 Å². The van der Waals surface area contributed by atoms with Crippen LogP contribution in [0.1, 0.15) is 12.5 Å². The van der Waals surface area contributed by atoms with Crippen LogP contribution in [0.15, 0.2) is 54.0 Å². The second-order valence-corrected chi connectivity index (χ2v) is 6.04. The van der Waals surface area contributed by atoms with Crippen molar-refractivity contribution in [3.63, 3.8) is 0 Å². The maximum absolute atomic E-state index is 10.9. The number of hydrogen-bond donors (Lipinski definition) is 1. The molecule has 1 aromatic carbocycles. The normalized spacial score (nSPS) is 10.5. The van der Waals surface area contributed by atoms with Gasteiger partial charge in [-0.05, 0) is 24.1 Å². The van der Waals surface area contributed by atoms with Gasteiger partial charge in [-0.15, -0.1) is 11.3 Å². The average Bonchev–Trinajstić information content (AvgIpc) is 3.06. The van der Waals surface area contributed by atoms with E-state index in [0.717, 1.165) is 28.4 Å². The van der Waals surface area contributed by atoms with Crippen LogP contribution in [0.25, 0.3) is 22.0 Å². The van der Waals surface area contributed by atoms with Crippen molar-refractivity contribution in [3.05, 3.63) is 59.6 Å². The van der Waals surface area contributed by atoms with Crippen LogP contribution in [0.4, 0.5) is 0 Å². The molecule has 4 nitrogen and oxygen atoms in total. The van der Waals surface area contributed by atoms with Crippen LogP contribution in [0.5, 0.6) is 0 Å². The van der Waals surface area contributed by atoms with Crippen molar-refractivity contribution in [2.45, 2.75) is 13.3 Å². The Morgan fingerprint density at radius 2 is 1.96 bits per heavy atom. The lowest BCUT2D eigenvalue weighted by Gasteiger charge is -2.03. The number of nitrogens with one attached hydrogen (secondary N) is 1. The van der Waals surface area contributed by atoms with Crippen LogP contribution in [-0.4, -0.2) is 22.4 Å². The quantitative estimate of drug-likeness (QED) is 0.781. The number of hydrogen-bond acceptors (Lipinski definition) is 4. The van der Waals surface area contributed by atoms with Gasteiger partial charge in [0.05, 0.1) is 11.4 Å². The predicted octanol–water partition coefficient (Wildman–Crippen LogP) is 3.55. The summed E-state index contributed by atoms with van der Waals surface area (Å²) >= 11 is 1.60. The minimum absolute atomic E-state index is 0.00569. The van der Waals surface area contributed by atoms with Gasteiger partial charge in [-0.3, -0.25) is 9.78 Å². The number of carbonyl (C=O) groups is 1. The Labute approximate surface area is 139 Å². The summed E-state index contributed by atoms with van der Waals surface area (Å²) < 4.78 is 0. The zero-order valence-electron chi connectivity index (χ0n) is 12.8. The lowest BCUT2D eigenvalue weighted by atomic mass is 10.1. The summed E-state index contributed by atoms with van der Waals surface area (Å²) in [5, 5.41) is 5.78. The first-order chi connectivity index (χ1) is 11.2. The molecular weight excluding hydrogens is 306 g/mol. The summed E-state index contributed by atoms with van der Waals surface area (Å²) in [7, 11) is 0. The van der Waals surface area contributed by atoms with Crippen LogP contribution < -0.4 is 5.32 Å². The van der Waals surface area contributed by atoms with E-state index in [4.69, 9.17) is 0 Å². The number of rotatable bonds is 5. The third-order valence-corrected chi connectivity index (χ3v) is 4.29. The van der Waals surface area contributed by atoms with Crippen LogP contribution in [0.3, 0.4) is 0 Å². The molecule has 3 rings (SSSR count). The molecule has 5 heteroatoms. The van der Waals surface area contributed by atoms with Crippen molar-refractivity contribution < 1.29 is 4.79 Å². The van der Waals surface area contributed by atoms with Crippen molar-refractivity contribution in [3.8, 4) is 22.0 Å². The fraction of sp³-hybridized carbons (Fsp3) is 0.167. The van der Waals surface area contributed by atoms with Gasteiger partial charge in [0.1, 0.15) is 5.01 Å². The SMILES string of the molecule is CC(=O)NCCc1ccc(-c2csc(-c3ccccn3)n2)cc1. The molecule has 0 aliphatic rings. The van der Waals surface area contributed by atoms with E-state index in [9.17, 15) is 4.79 Å². The Kier molecular flexibility index (Phi) is 4.78. The Morgan fingerprint density at radius 3 is 2.65 bits per heavy atom. The molecule has 23 heavy (non-hydrogen) atoms. The maximum Gasteiger partial charge on any atom is 0.216 e. The Balaban J connectivity index is 1.70. The van der Waals surface area contributed by atoms with Crippen LogP contribution in [0, 0.1) is 0 Å². The summed E-state index contributed by atoms with van der Waals surface area (Å²) in [4.78, 5) is 19.9. The van der Waals surface area contributed by atoms with Gasteiger partial charge in [0.2, 0.25) is 5.91 Å². The third-order valence-electron chi connectivity index (χ3n) is 3.43. The number of carbonyl (C=O) groups excluding carboxylic acids is 1. The van der Waals surface area contributed by atoms with E-state index in [1.54, 1.807) is 17.5 Å². The highest BCUT2D eigenvalue weighted by Crippen LogP contribution is 2.27. The monoisotopic (exact) mass is 323 g/mol. The van der Waals surface area contributed by atoms with E-state index < -0.39 is 0 Å². The van der Waals surface area contributed by atoms with E-state index in [0.29, 0.717) is 6.54 Å². The van der Waals surface area contributed by atoms with Gasteiger partial charge in [-0.2, -0.15) is 0 Å². The molecule has 2 heterocycles. The molecule has 0 unspecified atom stereocenters. The van der Waals surface area contributed by atoms with Crippen molar-refractivity contribution in [2.24, 2.45) is 0 Å². The standard InChI is InChI=1S/C18H17N3OS/c1-13(22)19-11-9-14-5-7-15(8-6-14)17-12-23-18(21-17)16-4-2-3-10-20-16/h2-8,10,12H,9,11H2,1H3,(H,19,22). The molecule has 0 atom stereocenters. The second-order valence-electron chi connectivity index (χ2n) is 5.18. The zero-order valence-corrected chi connectivity index (χ0v) is 13.6. The molecule has 0 radical (unpaired) electrons. The van der Waals surface area contributed by atoms with Gasteiger partial charge < -0.3 is 5.32 Å². The molecule has 0 spiro atoms. The van der Waals surface area contributed by atoms with Gasteiger partial charge in [0.15, 0.2) is 0 Å². The van der Waals surface area contributed by atoms with Crippen molar-refractivity contribution >= 4 is 17.2 Å². The minimum Gasteiger partial charge on any atom is -0.356 e. The highest BCUT2D eigenvalue weighted by atomic mass is 32.1.